The Morgan fingerprint density at radius 3 is 2.37 bits per heavy atom. The van der Waals surface area contributed by atoms with Gasteiger partial charge in [-0.2, -0.15) is 0 Å². The molecule has 0 bridgehead atoms. The van der Waals surface area contributed by atoms with Crippen molar-refractivity contribution in [1.29, 1.82) is 0 Å². The van der Waals surface area contributed by atoms with E-state index in [1.807, 2.05) is 12.1 Å². The van der Waals surface area contributed by atoms with Crippen LogP contribution in [0, 0.1) is 18.7 Å². The minimum absolute atomic E-state index is 0.112. The Morgan fingerprint density at radius 2 is 1.79 bits per heavy atom. The first-order valence-corrected chi connectivity index (χ1v) is 7.42. The van der Waals surface area contributed by atoms with Crippen LogP contribution in [-0.2, 0) is 0 Å². The fourth-order valence-electron chi connectivity index (χ4n) is 2.32. The molecule has 0 spiro atoms. The van der Waals surface area contributed by atoms with Gasteiger partial charge in [0.25, 0.3) is 0 Å². The Morgan fingerprint density at radius 1 is 1.11 bits per heavy atom. The molecule has 0 fully saturated rings. The van der Waals surface area contributed by atoms with E-state index in [4.69, 9.17) is 0 Å². The molecule has 19 heavy (non-hydrogen) atoms. The molecule has 2 atom stereocenters. The van der Waals surface area contributed by atoms with E-state index in [0.717, 1.165) is 11.5 Å². The second-order valence-electron chi connectivity index (χ2n) is 6.12. The van der Waals surface area contributed by atoms with E-state index in [2.05, 4.69) is 33.0 Å². The molecule has 2 unspecified atom stereocenters. The highest BCUT2D eigenvalue weighted by atomic mass is 19.1. The molecule has 0 aliphatic carbocycles. The van der Waals surface area contributed by atoms with Gasteiger partial charge in [-0.15, -0.1) is 0 Å². The number of halogens is 1. The summed E-state index contributed by atoms with van der Waals surface area (Å²) in [6, 6.07) is 6.18. The van der Waals surface area contributed by atoms with E-state index < -0.39 is 0 Å². The van der Waals surface area contributed by atoms with Crippen LogP contribution in [0.4, 0.5) is 4.39 Å². The van der Waals surface area contributed by atoms with Crippen LogP contribution < -0.4 is 5.32 Å². The zero-order valence-corrected chi connectivity index (χ0v) is 13.0. The van der Waals surface area contributed by atoms with E-state index in [1.165, 1.54) is 19.3 Å². The third-order valence-electron chi connectivity index (χ3n) is 3.65. The van der Waals surface area contributed by atoms with Crippen LogP contribution in [0.3, 0.4) is 0 Å². The SMILES string of the molecule is Cc1ccc(C(C)NC(C)CCCC(C)C)cc1F. The average molecular weight is 265 g/mol. The van der Waals surface area contributed by atoms with E-state index >= 15 is 0 Å². The highest BCUT2D eigenvalue weighted by Crippen LogP contribution is 2.18. The average Bonchev–Trinajstić information content (AvgIpc) is 2.32. The van der Waals surface area contributed by atoms with Crippen molar-refractivity contribution in [2.75, 3.05) is 0 Å². The van der Waals surface area contributed by atoms with Gasteiger partial charge in [-0.25, -0.2) is 4.39 Å². The molecule has 0 aromatic heterocycles. The van der Waals surface area contributed by atoms with Crippen LogP contribution >= 0.6 is 0 Å². The fourth-order valence-corrected chi connectivity index (χ4v) is 2.32. The van der Waals surface area contributed by atoms with Gasteiger partial charge in [0.05, 0.1) is 0 Å². The lowest BCUT2D eigenvalue weighted by molar-refractivity contribution is 0.423. The van der Waals surface area contributed by atoms with Gasteiger partial charge >= 0.3 is 0 Å². The first-order chi connectivity index (χ1) is 8.90. The normalized spacial score (nSPS) is 14.7. The number of hydrogen-bond acceptors (Lipinski definition) is 1. The molecule has 1 nitrogen and oxygen atoms in total. The number of hydrogen-bond donors (Lipinski definition) is 1. The van der Waals surface area contributed by atoms with E-state index in [9.17, 15) is 4.39 Å². The monoisotopic (exact) mass is 265 g/mol. The Hall–Kier alpha value is -0.890. The van der Waals surface area contributed by atoms with Crippen molar-refractivity contribution in [1.82, 2.24) is 5.32 Å². The fraction of sp³-hybridized carbons (Fsp3) is 0.647. The molecule has 2 heteroatoms. The van der Waals surface area contributed by atoms with E-state index in [0.29, 0.717) is 11.6 Å². The maximum Gasteiger partial charge on any atom is 0.126 e. The van der Waals surface area contributed by atoms with E-state index in [1.54, 1.807) is 13.0 Å². The number of benzene rings is 1. The van der Waals surface area contributed by atoms with Gasteiger partial charge in [-0.3, -0.25) is 0 Å². The summed E-state index contributed by atoms with van der Waals surface area (Å²) in [5.74, 6) is 0.662. The lowest BCUT2D eigenvalue weighted by atomic mass is 10.0. The van der Waals surface area contributed by atoms with Crippen molar-refractivity contribution in [3.63, 3.8) is 0 Å². The third-order valence-corrected chi connectivity index (χ3v) is 3.65. The summed E-state index contributed by atoms with van der Waals surface area (Å²) in [5.41, 5.74) is 1.74. The molecule has 108 valence electrons. The smallest absolute Gasteiger partial charge is 0.126 e. The minimum Gasteiger partial charge on any atom is -0.308 e. The van der Waals surface area contributed by atoms with Gasteiger partial charge in [-0.05, 0) is 50.3 Å². The highest BCUT2D eigenvalue weighted by molar-refractivity contribution is 5.25. The van der Waals surface area contributed by atoms with Crippen molar-refractivity contribution in [2.24, 2.45) is 5.92 Å². The van der Waals surface area contributed by atoms with Crippen molar-refractivity contribution in [3.8, 4) is 0 Å². The molecule has 0 saturated carbocycles. The predicted octanol–water partition coefficient (Wildman–Crippen LogP) is 5.00. The molecule has 0 radical (unpaired) electrons. The Kier molecular flexibility index (Phi) is 6.50. The first-order valence-electron chi connectivity index (χ1n) is 7.42. The minimum atomic E-state index is -0.112. The zero-order chi connectivity index (χ0) is 14.4. The van der Waals surface area contributed by atoms with Gasteiger partial charge < -0.3 is 5.32 Å². The van der Waals surface area contributed by atoms with Crippen molar-refractivity contribution >= 4 is 0 Å². The van der Waals surface area contributed by atoms with Crippen LogP contribution in [0.2, 0.25) is 0 Å². The molecular weight excluding hydrogens is 237 g/mol. The van der Waals surface area contributed by atoms with Crippen LogP contribution in [0.1, 0.15) is 64.1 Å². The van der Waals surface area contributed by atoms with Gasteiger partial charge in [0, 0.05) is 12.1 Å². The standard InChI is InChI=1S/C17H28FN/c1-12(2)7-6-8-14(4)19-15(5)16-10-9-13(3)17(18)11-16/h9-12,14-15,19H,6-8H2,1-5H3. The van der Waals surface area contributed by atoms with Crippen LogP contribution in [0.25, 0.3) is 0 Å². The van der Waals surface area contributed by atoms with Crippen molar-refractivity contribution < 1.29 is 4.39 Å². The van der Waals surface area contributed by atoms with Gasteiger partial charge in [0.2, 0.25) is 0 Å². The molecule has 0 aliphatic rings. The van der Waals surface area contributed by atoms with Crippen LogP contribution in [-0.4, -0.2) is 6.04 Å². The molecule has 0 saturated heterocycles. The van der Waals surface area contributed by atoms with Gasteiger partial charge in [-0.1, -0.05) is 38.8 Å². The molecule has 0 aliphatic heterocycles. The maximum absolute atomic E-state index is 13.5. The number of nitrogens with one attached hydrogen (secondary N) is 1. The molecule has 1 N–H and O–H groups in total. The quantitative estimate of drug-likeness (QED) is 0.731. The Balaban J connectivity index is 2.44. The number of rotatable bonds is 7. The molecule has 1 aromatic rings. The van der Waals surface area contributed by atoms with Crippen LogP contribution in [0.15, 0.2) is 18.2 Å². The van der Waals surface area contributed by atoms with E-state index in [-0.39, 0.29) is 11.9 Å². The van der Waals surface area contributed by atoms with Crippen molar-refractivity contribution in [3.05, 3.63) is 35.1 Å². The third kappa shape index (κ3) is 5.73. The lowest BCUT2D eigenvalue weighted by Crippen LogP contribution is -2.29. The summed E-state index contributed by atoms with van der Waals surface area (Å²) in [5, 5.41) is 3.55. The molecule has 0 heterocycles. The topological polar surface area (TPSA) is 12.0 Å². The highest BCUT2D eigenvalue weighted by Gasteiger charge is 2.11. The number of aryl methyl sites for hydroxylation is 1. The van der Waals surface area contributed by atoms with Gasteiger partial charge in [0.15, 0.2) is 0 Å². The largest absolute Gasteiger partial charge is 0.308 e. The summed E-state index contributed by atoms with van der Waals surface area (Å²) in [6.07, 6.45) is 3.71. The second kappa shape index (κ2) is 7.64. The zero-order valence-electron chi connectivity index (χ0n) is 13.0. The van der Waals surface area contributed by atoms with Crippen molar-refractivity contribution in [2.45, 2.75) is 66.0 Å². The maximum atomic E-state index is 13.5. The molecule has 1 aromatic carbocycles. The molecular formula is C17H28FN. The molecule has 0 amide bonds. The summed E-state index contributed by atoms with van der Waals surface area (Å²) in [7, 11) is 0. The summed E-state index contributed by atoms with van der Waals surface area (Å²) < 4.78 is 13.5. The lowest BCUT2D eigenvalue weighted by Gasteiger charge is -2.21. The summed E-state index contributed by atoms with van der Waals surface area (Å²) in [6.45, 7) is 10.6. The summed E-state index contributed by atoms with van der Waals surface area (Å²) >= 11 is 0. The summed E-state index contributed by atoms with van der Waals surface area (Å²) in [4.78, 5) is 0. The van der Waals surface area contributed by atoms with Crippen LogP contribution in [0.5, 0.6) is 0 Å². The second-order valence-corrected chi connectivity index (χ2v) is 6.12. The Labute approximate surface area is 117 Å². The van der Waals surface area contributed by atoms with Gasteiger partial charge in [0.1, 0.15) is 5.82 Å². The predicted molar refractivity (Wildman–Crippen MR) is 80.8 cm³/mol. The Bertz CT molecular complexity index is 387. The molecule has 1 rings (SSSR count). The first kappa shape index (κ1) is 16.2.